The normalized spacial score (nSPS) is 12.6. The first-order valence-corrected chi connectivity index (χ1v) is 12.8. The van der Waals surface area contributed by atoms with Gasteiger partial charge >= 0.3 is 5.97 Å². The van der Waals surface area contributed by atoms with Crippen LogP contribution in [-0.4, -0.2) is 43.9 Å². The fourth-order valence-electron chi connectivity index (χ4n) is 3.66. The lowest BCUT2D eigenvalue weighted by Crippen LogP contribution is -2.20. The maximum Gasteiger partial charge on any atom is 0.358 e. The summed E-state index contributed by atoms with van der Waals surface area (Å²) in [5.74, 6) is 0.272. The van der Waals surface area contributed by atoms with E-state index >= 15 is 0 Å². The molecule has 34 heavy (non-hydrogen) atoms. The van der Waals surface area contributed by atoms with E-state index in [9.17, 15) is 13.2 Å². The second-order valence-corrected chi connectivity index (χ2v) is 9.82. The molecule has 0 spiro atoms. The predicted molar refractivity (Wildman–Crippen MR) is 130 cm³/mol. The van der Waals surface area contributed by atoms with Crippen molar-refractivity contribution in [1.82, 2.24) is 9.55 Å². The van der Waals surface area contributed by atoms with E-state index in [4.69, 9.17) is 25.3 Å². The van der Waals surface area contributed by atoms with Crippen molar-refractivity contribution >= 4 is 27.7 Å². The van der Waals surface area contributed by atoms with Gasteiger partial charge in [-0.3, -0.25) is 4.18 Å². The summed E-state index contributed by atoms with van der Waals surface area (Å²) in [4.78, 5) is 17.7. The molecule has 0 fully saturated rings. The Kier molecular flexibility index (Phi) is 8.01. The number of hydrogen-bond donors (Lipinski definition) is 0. The Labute approximate surface area is 204 Å². The average molecular weight is 507 g/mol. The van der Waals surface area contributed by atoms with Crippen molar-refractivity contribution in [3.05, 3.63) is 70.5 Å². The number of hydrogen-bond acceptors (Lipinski definition) is 7. The Morgan fingerprint density at radius 1 is 1.12 bits per heavy atom. The summed E-state index contributed by atoms with van der Waals surface area (Å²) in [6.45, 7) is 5.61. The van der Waals surface area contributed by atoms with E-state index < -0.39 is 22.2 Å². The second-order valence-electron chi connectivity index (χ2n) is 7.79. The molecule has 0 aliphatic carbocycles. The number of carbonyl (C=O) groups is 1. The highest BCUT2D eigenvalue weighted by molar-refractivity contribution is 7.86. The molecule has 182 valence electrons. The second kappa shape index (κ2) is 10.6. The van der Waals surface area contributed by atoms with Crippen LogP contribution in [0.3, 0.4) is 0 Å². The van der Waals surface area contributed by atoms with Crippen molar-refractivity contribution in [3.63, 3.8) is 0 Å². The zero-order chi connectivity index (χ0) is 25.0. The average Bonchev–Trinajstić information content (AvgIpc) is 3.18. The molecule has 3 aromatic rings. The standard InChI is InChI=1S/C24H27ClN2O6S/c1-6-32-24(28)20-21(22(33-34(5,29)30)16-11-13-17(25)14-12-16)27(15(2)3)23(26-20)18-9-7-8-10-19(18)31-4/h7-15,22H,6H2,1-5H3. The van der Waals surface area contributed by atoms with Crippen LogP contribution in [0.4, 0.5) is 0 Å². The van der Waals surface area contributed by atoms with Crippen LogP contribution in [0.2, 0.25) is 5.02 Å². The first-order chi connectivity index (χ1) is 16.1. The summed E-state index contributed by atoms with van der Waals surface area (Å²) < 4.78 is 42.7. The number of rotatable bonds is 9. The predicted octanol–water partition coefficient (Wildman–Crippen LogP) is 5.04. The molecule has 1 unspecified atom stereocenters. The number of benzene rings is 2. The van der Waals surface area contributed by atoms with E-state index in [0.29, 0.717) is 27.7 Å². The first-order valence-electron chi connectivity index (χ1n) is 10.6. The lowest BCUT2D eigenvalue weighted by atomic mass is 10.0. The van der Waals surface area contributed by atoms with Gasteiger partial charge in [0.25, 0.3) is 10.1 Å². The molecule has 1 heterocycles. The Balaban J connectivity index is 2.40. The van der Waals surface area contributed by atoms with Crippen LogP contribution in [0.15, 0.2) is 48.5 Å². The topological polar surface area (TPSA) is 96.7 Å². The summed E-state index contributed by atoms with van der Waals surface area (Å²) in [6.07, 6.45) is -0.220. The van der Waals surface area contributed by atoms with Crippen molar-refractivity contribution in [2.24, 2.45) is 0 Å². The van der Waals surface area contributed by atoms with E-state index in [1.165, 1.54) is 7.11 Å². The molecule has 0 bridgehead atoms. The SMILES string of the molecule is CCOC(=O)c1nc(-c2ccccc2OC)n(C(C)C)c1C(OS(C)(=O)=O)c1ccc(Cl)cc1. The maximum absolute atomic E-state index is 13.0. The van der Waals surface area contributed by atoms with Gasteiger partial charge in [0.1, 0.15) is 17.7 Å². The third kappa shape index (κ3) is 5.60. The third-order valence-corrected chi connectivity index (χ3v) is 5.77. The van der Waals surface area contributed by atoms with Crippen LogP contribution in [0.25, 0.3) is 11.4 Å². The largest absolute Gasteiger partial charge is 0.496 e. The molecule has 0 aliphatic rings. The Hall–Kier alpha value is -2.88. The minimum Gasteiger partial charge on any atom is -0.496 e. The zero-order valence-electron chi connectivity index (χ0n) is 19.6. The molecule has 0 N–H and O–H groups in total. The van der Waals surface area contributed by atoms with Crippen LogP contribution in [0.1, 0.15) is 54.7 Å². The maximum atomic E-state index is 13.0. The molecule has 0 saturated heterocycles. The first kappa shape index (κ1) is 25.7. The van der Waals surface area contributed by atoms with Gasteiger partial charge in [-0.2, -0.15) is 8.42 Å². The number of ether oxygens (including phenoxy) is 2. The number of halogens is 1. The van der Waals surface area contributed by atoms with Crippen molar-refractivity contribution in [1.29, 1.82) is 0 Å². The molecule has 10 heteroatoms. The minimum absolute atomic E-state index is 0.0416. The van der Waals surface area contributed by atoms with Crippen molar-refractivity contribution < 1.29 is 26.9 Å². The fraction of sp³-hybridized carbons (Fsp3) is 0.333. The lowest BCUT2D eigenvalue weighted by molar-refractivity contribution is 0.0515. The van der Waals surface area contributed by atoms with Crippen LogP contribution in [0.5, 0.6) is 5.75 Å². The monoisotopic (exact) mass is 506 g/mol. The summed E-state index contributed by atoms with van der Waals surface area (Å²) in [5.41, 5.74) is 1.32. The molecular weight excluding hydrogens is 480 g/mol. The van der Waals surface area contributed by atoms with Crippen LogP contribution in [-0.2, 0) is 19.0 Å². The number of methoxy groups -OCH3 is 1. The van der Waals surface area contributed by atoms with Gasteiger partial charge in [-0.25, -0.2) is 9.78 Å². The Morgan fingerprint density at radius 2 is 1.76 bits per heavy atom. The van der Waals surface area contributed by atoms with E-state index in [2.05, 4.69) is 4.98 Å². The molecular formula is C24H27ClN2O6S. The van der Waals surface area contributed by atoms with Crippen molar-refractivity contribution in [2.45, 2.75) is 32.9 Å². The Bertz CT molecular complexity index is 1270. The van der Waals surface area contributed by atoms with Crippen molar-refractivity contribution in [2.75, 3.05) is 20.0 Å². The summed E-state index contributed by atoms with van der Waals surface area (Å²) >= 11 is 6.05. The molecule has 0 radical (unpaired) electrons. The van der Waals surface area contributed by atoms with Gasteiger partial charge in [0.15, 0.2) is 5.69 Å². The highest BCUT2D eigenvalue weighted by atomic mass is 35.5. The summed E-state index contributed by atoms with van der Waals surface area (Å²) in [7, 11) is -2.41. The zero-order valence-corrected chi connectivity index (χ0v) is 21.2. The summed E-state index contributed by atoms with van der Waals surface area (Å²) in [5, 5.41) is 0.472. The quantitative estimate of drug-likeness (QED) is 0.296. The van der Waals surface area contributed by atoms with Gasteiger partial charge in [-0.1, -0.05) is 35.9 Å². The number of para-hydroxylation sites is 1. The van der Waals surface area contributed by atoms with Gasteiger partial charge in [0.2, 0.25) is 0 Å². The highest BCUT2D eigenvalue weighted by Gasteiger charge is 2.34. The fourth-order valence-corrected chi connectivity index (χ4v) is 4.34. The van der Waals surface area contributed by atoms with Crippen LogP contribution < -0.4 is 4.74 Å². The van der Waals surface area contributed by atoms with Crippen LogP contribution in [0, 0.1) is 0 Å². The molecule has 0 saturated carbocycles. The molecule has 0 amide bonds. The number of esters is 1. The van der Waals surface area contributed by atoms with E-state index in [-0.39, 0.29) is 24.0 Å². The lowest BCUT2D eigenvalue weighted by Gasteiger charge is -2.23. The molecule has 8 nitrogen and oxygen atoms in total. The number of aromatic nitrogens is 2. The van der Waals surface area contributed by atoms with E-state index in [1.807, 2.05) is 32.0 Å². The number of nitrogens with zero attached hydrogens (tertiary/aromatic N) is 2. The van der Waals surface area contributed by atoms with Crippen LogP contribution >= 0.6 is 11.6 Å². The summed E-state index contributed by atoms with van der Waals surface area (Å²) in [6, 6.07) is 13.5. The number of carbonyl (C=O) groups excluding carboxylic acids is 1. The van der Waals surface area contributed by atoms with Gasteiger partial charge in [-0.15, -0.1) is 0 Å². The van der Waals surface area contributed by atoms with E-state index in [0.717, 1.165) is 6.26 Å². The number of imidazole rings is 1. The molecule has 1 aromatic heterocycles. The van der Waals surface area contributed by atoms with Gasteiger partial charge in [0.05, 0.1) is 31.2 Å². The molecule has 0 aliphatic heterocycles. The molecule has 3 rings (SSSR count). The highest BCUT2D eigenvalue weighted by Crippen LogP contribution is 2.39. The Morgan fingerprint density at radius 3 is 2.32 bits per heavy atom. The minimum atomic E-state index is -3.95. The van der Waals surface area contributed by atoms with E-state index in [1.54, 1.807) is 41.8 Å². The van der Waals surface area contributed by atoms with Gasteiger partial charge < -0.3 is 14.0 Å². The smallest absolute Gasteiger partial charge is 0.358 e. The molecule has 2 aromatic carbocycles. The van der Waals surface area contributed by atoms with Gasteiger partial charge in [-0.05, 0) is 50.6 Å². The third-order valence-electron chi connectivity index (χ3n) is 4.97. The van der Waals surface area contributed by atoms with Crippen molar-refractivity contribution in [3.8, 4) is 17.1 Å². The van der Waals surface area contributed by atoms with Gasteiger partial charge in [0, 0.05) is 11.1 Å². The molecule has 1 atom stereocenters.